The van der Waals surface area contributed by atoms with Crippen LogP contribution in [0.25, 0.3) is 27.1 Å². The fourth-order valence-electron chi connectivity index (χ4n) is 2.50. The first-order valence-corrected chi connectivity index (χ1v) is 8.88. The third-order valence-corrected chi connectivity index (χ3v) is 4.81. The number of rotatable bonds is 5. The third-order valence-electron chi connectivity index (χ3n) is 3.76. The molecule has 0 aliphatic heterocycles. The lowest BCUT2D eigenvalue weighted by atomic mass is 10.3. The molecule has 0 radical (unpaired) electrons. The molecule has 0 aliphatic carbocycles. The zero-order valence-electron chi connectivity index (χ0n) is 14.0. The number of benzene rings is 1. The number of furan rings is 1. The van der Waals surface area contributed by atoms with Gasteiger partial charge in [-0.15, -0.1) is 11.3 Å². The minimum Gasteiger partial charge on any atom is -0.457 e. The normalized spacial score (nSPS) is 11.4. The summed E-state index contributed by atoms with van der Waals surface area (Å²) in [4.78, 5) is 16.5. The van der Waals surface area contributed by atoms with Crippen LogP contribution in [0.5, 0.6) is 0 Å². The van der Waals surface area contributed by atoms with Gasteiger partial charge in [-0.2, -0.15) is 5.10 Å². The fourth-order valence-corrected chi connectivity index (χ4v) is 3.42. The van der Waals surface area contributed by atoms with Gasteiger partial charge in [-0.25, -0.2) is 4.98 Å². The van der Waals surface area contributed by atoms with E-state index in [1.807, 2.05) is 49.6 Å². The number of aromatic nitrogens is 3. The number of para-hydroxylation sites is 1. The van der Waals surface area contributed by atoms with E-state index in [1.165, 1.54) is 6.08 Å². The molecule has 1 aromatic carbocycles. The van der Waals surface area contributed by atoms with Crippen molar-refractivity contribution < 1.29 is 9.21 Å². The van der Waals surface area contributed by atoms with Gasteiger partial charge in [0.05, 0.1) is 23.0 Å². The molecular weight excluding hydrogens is 348 g/mol. The lowest BCUT2D eigenvalue weighted by molar-refractivity contribution is -0.116. The topological polar surface area (TPSA) is 73.0 Å². The molecule has 7 heteroatoms. The molecule has 0 saturated carbocycles. The van der Waals surface area contributed by atoms with Gasteiger partial charge in [0, 0.05) is 24.9 Å². The van der Waals surface area contributed by atoms with Crippen molar-refractivity contribution in [3.8, 4) is 10.8 Å². The van der Waals surface area contributed by atoms with Crippen molar-refractivity contribution in [3.05, 3.63) is 66.2 Å². The average Bonchev–Trinajstić information content (AvgIpc) is 3.36. The van der Waals surface area contributed by atoms with Crippen LogP contribution in [0, 0.1) is 0 Å². The van der Waals surface area contributed by atoms with Crippen molar-refractivity contribution in [2.45, 2.75) is 6.54 Å². The molecule has 1 amide bonds. The number of fused-ring (bicyclic) bond motifs is 1. The van der Waals surface area contributed by atoms with Crippen LogP contribution >= 0.6 is 11.3 Å². The van der Waals surface area contributed by atoms with Gasteiger partial charge >= 0.3 is 0 Å². The highest BCUT2D eigenvalue weighted by Crippen LogP contribution is 2.31. The van der Waals surface area contributed by atoms with E-state index in [-0.39, 0.29) is 5.91 Å². The summed E-state index contributed by atoms with van der Waals surface area (Å²) in [5.41, 5.74) is 1.83. The Morgan fingerprint density at radius 3 is 3.00 bits per heavy atom. The van der Waals surface area contributed by atoms with E-state index in [4.69, 9.17) is 4.42 Å². The lowest BCUT2D eigenvalue weighted by Gasteiger charge is -1.98. The minimum absolute atomic E-state index is 0.188. The van der Waals surface area contributed by atoms with Crippen molar-refractivity contribution in [2.24, 2.45) is 7.05 Å². The molecule has 3 aromatic heterocycles. The van der Waals surface area contributed by atoms with Gasteiger partial charge in [0.2, 0.25) is 5.91 Å². The lowest BCUT2D eigenvalue weighted by Crippen LogP contribution is -2.19. The van der Waals surface area contributed by atoms with E-state index in [1.54, 1.807) is 28.3 Å². The molecule has 6 nitrogen and oxygen atoms in total. The Labute approximate surface area is 153 Å². The Hall–Kier alpha value is -3.19. The SMILES string of the molecule is Cn1cc(/C=C/C(=O)NCc2ccc(-c3nc4ccccc4s3)o2)cn1. The molecule has 0 bridgehead atoms. The highest BCUT2D eigenvalue weighted by molar-refractivity contribution is 7.21. The Morgan fingerprint density at radius 1 is 1.31 bits per heavy atom. The van der Waals surface area contributed by atoms with Gasteiger partial charge in [0.15, 0.2) is 10.8 Å². The van der Waals surface area contributed by atoms with Crippen LogP contribution in [0.1, 0.15) is 11.3 Å². The first-order chi connectivity index (χ1) is 12.7. The smallest absolute Gasteiger partial charge is 0.244 e. The van der Waals surface area contributed by atoms with Gasteiger partial charge in [-0.05, 0) is 30.3 Å². The van der Waals surface area contributed by atoms with Crippen LogP contribution in [-0.2, 0) is 18.4 Å². The summed E-state index contributed by atoms with van der Waals surface area (Å²) in [6.07, 6.45) is 6.73. The Balaban J connectivity index is 1.39. The summed E-state index contributed by atoms with van der Waals surface area (Å²) in [7, 11) is 1.83. The molecule has 0 unspecified atom stereocenters. The van der Waals surface area contributed by atoms with Crippen LogP contribution in [0.3, 0.4) is 0 Å². The van der Waals surface area contributed by atoms with Gasteiger partial charge in [0.1, 0.15) is 5.76 Å². The highest BCUT2D eigenvalue weighted by Gasteiger charge is 2.10. The van der Waals surface area contributed by atoms with Crippen molar-refractivity contribution in [1.82, 2.24) is 20.1 Å². The number of nitrogens with one attached hydrogen (secondary N) is 1. The summed E-state index contributed by atoms with van der Waals surface area (Å²) in [5, 5.41) is 7.69. The summed E-state index contributed by atoms with van der Waals surface area (Å²) >= 11 is 1.58. The molecule has 0 aliphatic rings. The van der Waals surface area contributed by atoms with E-state index in [9.17, 15) is 4.79 Å². The molecule has 3 heterocycles. The van der Waals surface area contributed by atoms with Crippen molar-refractivity contribution in [3.63, 3.8) is 0 Å². The second kappa shape index (κ2) is 6.97. The van der Waals surface area contributed by atoms with Crippen LogP contribution in [0.4, 0.5) is 0 Å². The number of nitrogens with zero attached hydrogens (tertiary/aromatic N) is 3. The van der Waals surface area contributed by atoms with Gasteiger partial charge in [-0.1, -0.05) is 12.1 Å². The maximum atomic E-state index is 11.9. The van der Waals surface area contributed by atoms with E-state index in [0.29, 0.717) is 18.1 Å². The third kappa shape index (κ3) is 3.57. The van der Waals surface area contributed by atoms with Gasteiger partial charge in [0.25, 0.3) is 0 Å². The molecule has 0 saturated heterocycles. The van der Waals surface area contributed by atoms with Crippen LogP contribution in [0.15, 0.2) is 59.3 Å². The van der Waals surface area contributed by atoms with Crippen LogP contribution in [-0.4, -0.2) is 20.7 Å². The van der Waals surface area contributed by atoms with E-state index in [2.05, 4.69) is 15.4 Å². The van der Waals surface area contributed by atoms with Crippen molar-refractivity contribution in [2.75, 3.05) is 0 Å². The van der Waals surface area contributed by atoms with Crippen LogP contribution in [0.2, 0.25) is 0 Å². The number of hydrogen-bond donors (Lipinski definition) is 1. The van der Waals surface area contributed by atoms with E-state index >= 15 is 0 Å². The Bertz CT molecular complexity index is 1060. The van der Waals surface area contributed by atoms with Crippen molar-refractivity contribution >= 4 is 33.5 Å². The number of carbonyl (C=O) groups excluding carboxylic acids is 1. The van der Waals surface area contributed by atoms with E-state index < -0.39 is 0 Å². The molecule has 0 fully saturated rings. The molecule has 26 heavy (non-hydrogen) atoms. The van der Waals surface area contributed by atoms with E-state index in [0.717, 1.165) is 20.8 Å². The number of amides is 1. The number of hydrogen-bond acceptors (Lipinski definition) is 5. The average molecular weight is 364 g/mol. The molecule has 4 rings (SSSR count). The molecule has 130 valence electrons. The standard InChI is InChI=1S/C19H16N4O2S/c1-23-12-13(10-21-23)6-9-18(24)20-11-14-7-8-16(25-14)19-22-15-4-2-3-5-17(15)26-19/h2-10,12H,11H2,1H3,(H,20,24)/b9-6+. The maximum absolute atomic E-state index is 11.9. The van der Waals surface area contributed by atoms with Gasteiger partial charge in [-0.3, -0.25) is 9.48 Å². The number of aryl methyl sites for hydroxylation is 1. The zero-order chi connectivity index (χ0) is 17.9. The van der Waals surface area contributed by atoms with Crippen LogP contribution < -0.4 is 5.32 Å². The monoisotopic (exact) mass is 364 g/mol. The highest BCUT2D eigenvalue weighted by atomic mass is 32.1. The molecule has 0 atom stereocenters. The predicted molar refractivity (Wildman–Crippen MR) is 101 cm³/mol. The second-order valence-corrected chi connectivity index (χ2v) is 6.78. The Kier molecular flexibility index (Phi) is 4.37. The zero-order valence-corrected chi connectivity index (χ0v) is 14.9. The summed E-state index contributed by atoms with van der Waals surface area (Å²) in [6.45, 7) is 0.321. The van der Waals surface area contributed by atoms with Crippen molar-refractivity contribution in [1.29, 1.82) is 0 Å². The maximum Gasteiger partial charge on any atom is 0.244 e. The second-order valence-electron chi connectivity index (χ2n) is 5.75. The predicted octanol–water partition coefficient (Wildman–Crippen LogP) is 3.62. The first kappa shape index (κ1) is 16.3. The number of carbonyl (C=O) groups is 1. The quantitative estimate of drug-likeness (QED) is 0.549. The fraction of sp³-hybridized carbons (Fsp3) is 0.105. The summed E-state index contributed by atoms with van der Waals surface area (Å²) < 4.78 is 8.62. The first-order valence-electron chi connectivity index (χ1n) is 8.06. The number of thiazole rings is 1. The molecule has 1 N–H and O–H groups in total. The molecule has 0 spiro atoms. The minimum atomic E-state index is -0.188. The van der Waals surface area contributed by atoms with Gasteiger partial charge < -0.3 is 9.73 Å². The largest absolute Gasteiger partial charge is 0.457 e. The summed E-state index contributed by atoms with van der Waals surface area (Å²) in [6, 6.07) is 11.7. The summed E-state index contributed by atoms with van der Waals surface area (Å²) in [5.74, 6) is 1.20. The Morgan fingerprint density at radius 2 is 2.19 bits per heavy atom. The molecule has 4 aromatic rings. The molecular formula is C19H16N4O2S.